The minimum atomic E-state index is -4.87. The standard InChI is InChI=1S/C18H14F3NO2/c19-18(20,21)16(23)13-3-1-11(2-4-13)12-7-9-15(10-8-12)22-17(24)14-5-6-14/h1-4,7-10,14H,5-6H2,(H,22,24). The SMILES string of the molecule is O=C(Nc1ccc(-c2ccc(C(=O)C(F)(F)F)cc2)cc1)C1CC1. The number of nitrogens with one attached hydrogen (secondary N) is 1. The van der Waals surface area contributed by atoms with E-state index in [1.807, 2.05) is 0 Å². The van der Waals surface area contributed by atoms with E-state index in [0.29, 0.717) is 11.3 Å². The third-order valence-electron chi connectivity index (χ3n) is 3.84. The first-order valence-corrected chi connectivity index (χ1v) is 7.47. The summed E-state index contributed by atoms with van der Waals surface area (Å²) in [6.45, 7) is 0. The van der Waals surface area contributed by atoms with Crippen molar-refractivity contribution in [2.75, 3.05) is 5.32 Å². The Balaban J connectivity index is 1.72. The van der Waals surface area contributed by atoms with E-state index >= 15 is 0 Å². The van der Waals surface area contributed by atoms with Gasteiger partial charge in [0, 0.05) is 17.2 Å². The molecule has 1 aliphatic rings. The first kappa shape index (κ1) is 16.2. The van der Waals surface area contributed by atoms with E-state index in [9.17, 15) is 22.8 Å². The van der Waals surface area contributed by atoms with Crippen LogP contribution in [0.1, 0.15) is 23.2 Å². The van der Waals surface area contributed by atoms with Crippen LogP contribution in [0.25, 0.3) is 11.1 Å². The predicted molar refractivity (Wildman–Crippen MR) is 83.6 cm³/mol. The minimum absolute atomic E-state index is 0.0118. The summed E-state index contributed by atoms with van der Waals surface area (Å²) >= 11 is 0. The summed E-state index contributed by atoms with van der Waals surface area (Å²) in [7, 11) is 0. The third kappa shape index (κ3) is 3.64. The fraction of sp³-hybridized carbons (Fsp3) is 0.222. The minimum Gasteiger partial charge on any atom is -0.326 e. The van der Waals surface area contributed by atoms with E-state index < -0.39 is 12.0 Å². The fourth-order valence-corrected chi connectivity index (χ4v) is 2.31. The average Bonchev–Trinajstić information content (AvgIpc) is 3.39. The highest BCUT2D eigenvalue weighted by Gasteiger charge is 2.39. The Morgan fingerprint density at radius 3 is 1.83 bits per heavy atom. The Bertz CT molecular complexity index is 760. The molecule has 1 aliphatic carbocycles. The van der Waals surface area contributed by atoms with Crippen molar-refractivity contribution in [2.24, 2.45) is 5.92 Å². The summed E-state index contributed by atoms with van der Waals surface area (Å²) in [4.78, 5) is 22.8. The number of carbonyl (C=O) groups is 2. The molecule has 2 aromatic rings. The van der Waals surface area contributed by atoms with Gasteiger partial charge in [-0.2, -0.15) is 13.2 Å². The van der Waals surface area contributed by atoms with Crippen molar-refractivity contribution in [3.63, 3.8) is 0 Å². The van der Waals surface area contributed by atoms with Crippen LogP contribution >= 0.6 is 0 Å². The maximum atomic E-state index is 12.4. The molecule has 6 heteroatoms. The van der Waals surface area contributed by atoms with Crippen molar-refractivity contribution in [3.05, 3.63) is 54.1 Å². The van der Waals surface area contributed by atoms with Crippen LogP contribution in [-0.2, 0) is 4.79 Å². The molecular formula is C18H14F3NO2. The van der Waals surface area contributed by atoms with Gasteiger partial charge in [0.15, 0.2) is 0 Å². The van der Waals surface area contributed by atoms with Crippen molar-refractivity contribution < 1.29 is 22.8 Å². The van der Waals surface area contributed by atoms with E-state index in [0.717, 1.165) is 30.5 Å². The molecule has 0 spiro atoms. The quantitative estimate of drug-likeness (QED) is 0.841. The largest absolute Gasteiger partial charge is 0.454 e. The highest BCUT2D eigenvalue weighted by atomic mass is 19.4. The molecule has 3 nitrogen and oxygen atoms in total. The van der Waals surface area contributed by atoms with Crippen molar-refractivity contribution in [2.45, 2.75) is 19.0 Å². The van der Waals surface area contributed by atoms with Crippen LogP contribution in [0.4, 0.5) is 18.9 Å². The number of ketones is 1. The van der Waals surface area contributed by atoms with Gasteiger partial charge in [0.25, 0.3) is 5.78 Å². The van der Waals surface area contributed by atoms with Crippen molar-refractivity contribution in [3.8, 4) is 11.1 Å². The van der Waals surface area contributed by atoms with Crippen LogP contribution in [0.2, 0.25) is 0 Å². The maximum absolute atomic E-state index is 12.4. The molecular weight excluding hydrogens is 319 g/mol. The Morgan fingerprint density at radius 1 is 0.875 bits per heavy atom. The van der Waals surface area contributed by atoms with Crippen LogP contribution in [0.5, 0.6) is 0 Å². The van der Waals surface area contributed by atoms with Gasteiger partial charge in [0.1, 0.15) is 0 Å². The maximum Gasteiger partial charge on any atom is 0.454 e. The molecule has 0 unspecified atom stereocenters. The van der Waals surface area contributed by atoms with Gasteiger partial charge in [-0.15, -0.1) is 0 Å². The molecule has 0 aromatic heterocycles. The molecule has 0 aliphatic heterocycles. The summed E-state index contributed by atoms with van der Waals surface area (Å²) in [5.74, 6) is -1.73. The smallest absolute Gasteiger partial charge is 0.326 e. The molecule has 0 radical (unpaired) electrons. The zero-order valence-electron chi connectivity index (χ0n) is 12.6. The lowest BCUT2D eigenvalue weighted by Crippen LogP contribution is -2.22. The van der Waals surface area contributed by atoms with Crippen LogP contribution in [0, 0.1) is 5.92 Å². The molecule has 0 bridgehead atoms. The van der Waals surface area contributed by atoms with E-state index in [-0.39, 0.29) is 17.4 Å². The van der Waals surface area contributed by atoms with E-state index in [1.54, 1.807) is 24.3 Å². The van der Waals surface area contributed by atoms with Crippen LogP contribution in [0.15, 0.2) is 48.5 Å². The third-order valence-corrected chi connectivity index (χ3v) is 3.84. The molecule has 0 atom stereocenters. The van der Waals surface area contributed by atoms with Crippen molar-refractivity contribution in [1.82, 2.24) is 0 Å². The molecule has 24 heavy (non-hydrogen) atoms. The monoisotopic (exact) mass is 333 g/mol. The van der Waals surface area contributed by atoms with Gasteiger partial charge in [0.05, 0.1) is 0 Å². The number of hydrogen-bond acceptors (Lipinski definition) is 2. The van der Waals surface area contributed by atoms with E-state index in [4.69, 9.17) is 0 Å². The second kappa shape index (κ2) is 6.11. The highest BCUT2D eigenvalue weighted by Crippen LogP contribution is 2.30. The molecule has 3 rings (SSSR count). The van der Waals surface area contributed by atoms with E-state index in [1.165, 1.54) is 12.1 Å². The van der Waals surface area contributed by atoms with Gasteiger partial charge in [-0.3, -0.25) is 9.59 Å². The number of halogens is 3. The van der Waals surface area contributed by atoms with Crippen molar-refractivity contribution >= 4 is 17.4 Å². The second-order valence-electron chi connectivity index (χ2n) is 5.75. The van der Waals surface area contributed by atoms with Crippen LogP contribution in [0.3, 0.4) is 0 Å². The summed E-state index contributed by atoms with van der Waals surface area (Å²) < 4.78 is 37.2. The molecule has 0 saturated heterocycles. The number of anilines is 1. The predicted octanol–water partition coefficient (Wildman–Crippen LogP) is 4.45. The van der Waals surface area contributed by atoms with E-state index in [2.05, 4.69) is 5.32 Å². The summed E-state index contributed by atoms with van der Waals surface area (Å²) in [6.07, 6.45) is -3.03. The lowest BCUT2D eigenvalue weighted by atomic mass is 10.0. The second-order valence-corrected chi connectivity index (χ2v) is 5.75. The Labute approximate surface area is 136 Å². The van der Waals surface area contributed by atoms with Crippen molar-refractivity contribution in [1.29, 1.82) is 0 Å². The van der Waals surface area contributed by atoms with Gasteiger partial charge in [-0.05, 0) is 36.1 Å². The van der Waals surface area contributed by atoms with Gasteiger partial charge >= 0.3 is 6.18 Å². The van der Waals surface area contributed by atoms with Crippen LogP contribution in [-0.4, -0.2) is 17.9 Å². The normalized spacial score (nSPS) is 14.3. The number of Topliss-reactive ketones (excluding diaryl/α,β-unsaturated/α-hetero) is 1. The lowest BCUT2D eigenvalue weighted by molar-refractivity contribution is -0.117. The lowest BCUT2D eigenvalue weighted by Gasteiger charge is -2.08. The molecule has 1 amide bonds. The first-order chi connectivity index (χ1) is 11.3. The topological polar surface area (TPSA) is 46.2 Å². The zero-order valence-corrected chi connectivity index (χ0v) is 12.6. The summed E-state index contributed by atoms with van der Waals surface area (Å²) in [6, 6.07) is 12.3. The number of amides is 1. The van der Waals surface area contributed by atoms with Gasteiger partial charge in [0.2, 0.25) is 5.91 Å². The fourth-order valence-electron chi connectivity index (χ4n) is 2.31. The van der Waals surface area contributed by atoms with Gasteiger partial charge in [-0.25, -0.2) is 0 Å². The Hall–Kier alpha value is -2.63. The highest BCUT2D eigenvalue weighted by molar-refractivity contribution is 6.00. The zero-order chi connectivity index (χ0) is 17.3. The average molecular weight is 333 g/mol. The summed E-state index contributed by atoms with van der Waals surface area (Å²) in [5.41, 5.74) is 1.76. The first-order valence-electron chi connectivity index (χ1n) is 7.47. The molecule has 1 saturated carbocycles. The summed E-state index contributed by atoms with van der Waals surface area (Å²) in [5, 5.41) is 2.81. The number of alkyl halides is 3. The molecule has 2 aromatic carbocycles. The molecule has 0 heterocycles. The van der Waals surface area contributed by atoms with Gasteiger partial charge < -0.3 is 5.32 Å². The van der Waals surface area contributed by atoms with Gasteiger partial charge in [-0.1, -0.05) is 36.4 Å². The number of rotatable bonds is 4. The number of hydrogen-bond donors (Lipinski definition) is 1. The van der Waals surface area contributed by atoms with Crippen LogP contribution < -0.4 is 5.32 Å². The Kier molecular flexibility index (Phi) is 4.13. The number of benzene rings is 2. The Morgan fingerprint density at radius 2 is 1.38 bits per heavy atom. The molecule has 1 N–H and O–H groups in total. The number of carbonyl (C=O) groups excluding carboxylic acids is 2. The molecule has 124 valence electrons. The molecule has 1 fully saturated rings.